The second kappa shape index (κ2) is 15.0. The Morgan fingerprint density at radius 1 is 0.827 bits per heavy atom. The Hall–Kier alpha value is -0.729. The summed E-state index contributed by atoms with van der Waals surface area (Å²) in [4.78, 5) is 0. The van der Waals surface area contributed by atoms with Crippen molar-refractivity contribution < 1.29 is 18.0 Å². The van der Waals surface area contributed by atoms with E-state index in [9.17, 15) is 0 Å². The van der Waals surface area contributed by atoms with Crippen LogP contribution in [0.15, 0.2) is 34.9 Å². The molecular weight excluding hydrogens is 689 g/mol. The van der Waals surface area contributed by atoms with E-state index >= 15 is 0 Å². The van der Waals surface area contributed by atoms with Crippen molar-refractivity contribution in [3.05, 3.63) is 34.9 Å². The molecular formula is C45H80O4Si3. The first-order chi connectivity index (χ1) is 23.7. The van der Waals surface area contributed by atoms with Gasteiger partial charge < -0.3 is 18.0 Å². The van der Waals surface area contributed by atoms with Crippen LogP contribution in [0.2, 0.25) is 54.4 Å². The van der Waals surface area contributed by atoms with E-state index in [0.717, 1.165) is 37.4 Å². The zero-order valence-corrected chi connectivity index (χ0v) is 40.2. The monoisotopic (exact) mass is 769 g/mol. The second-order valence-electron chi connectivity index (χ2n) is 21.0. The summed E-state index contributed by atoms with van der Waals surface area (Å²) in [5, 5.41) is 0.119. The molecule has 0 aliphatic heterocycles. The van der Waals surface area contributed by atoms with Crippen molar-refractivity contribution in [3.8, 4) is 11.8 Å². The molecule has 4 aliphatic carbocycles. The van der Waals surface area contributed by atoms with Gasteiger partial charge in [0.2, 0.25) is 0 Å². The van der Waals surface area contributed by atoms with Gasteiger partial charge in [0, 0.05) is 18.3 Å². The molecule has 0 unspecified atom stereocenters. The Bertz CT molecular complexity index is 1450. The van der Waals surface area contributed by atoms with Crippen LogP contribution in [-0.2, 0) is 18.0 Å². The van der Waals surface area contributed by atoms with Gasteiger partial charge in [-0.2, -0.15) is 0 Å². The maximum atomic E-state index is 7.71. The molecule has 0 amide bonds. The first-order valence-electron chi connectivity index (χ1n) is 21.0. The van der Waals surface area contributed by atoms with Crippen molar-refractivity contribution in [3.63, 3.8) is 0 Å². The largest absolute Gasteiger partial charge is 0.413 e. The van der Waals surface area contributed by atoms with Gasteiger partial charge in [-0.05, 0) is 111 Å². The fourth-order valence-corrected chi connectivity index (χ4v) is 15.6. The third-order valence-corrected chi connectivity index (χ3v) is 29.2. The number of hydrogen-bond donors (Lipinski definition) is 0. The molecule has 52 heavy (non-hydrogen) atoms. The zero-order valence-electron chi connectivity index (χ0n) is 37.2. The highest BCUT2D eigenvalue weighted by molar-refractivity contribution is 6.74. The summed E-state index contributed by atoms with van der Waals surface area (Å²) in [6, 6.07) is 3.34. The van der Waals surface area contributed by atoms with Crippen molar-refractivity contribution in [1.29, 1.82) is 0 Å². The lowest BCUT2D eigenvalue weighted by atomic mass is 9.49. The summed E-state index contributed by atoms with van der Waals surface area (Å²) >= 11 is 0. The van der Waals surface area contributed by atoms with E-state index in [1.165, 1.54) is 24.8 Å². The fraction of sp³-hybridized carbons (Fsp3) is 0.822. The lowest BCUT2D eigenvalue weighted by Gasteiger charge is -2.61. The van der Waals surface area contributed by atoms with Gasteiger partial charge in [0.25, 0.3) is 0 Å². The minimum Gasteiger partial charge on any atom is -0.413 e. The van der Waals surface area contributed by atoms with Gasteiger partial charge in [0.15, 0.2) is 30.7 Å². The molecule has 6 atom stereocenters. The predicted octanol–water partition coefficient (Wildman–Crippen LogP) is 13.4. The Morgan fingerprint density at radius 3 is 1.96 bits per heavy atom. The van der Waals surface area contributed by atoms with E-state index in [2.05, 4.69) is 153 Å². The van der Waals surface area contributed by atoms with Gasteiger partial charge in [-0.25, -0.2) is 0 Å². The highest BCUT2D eigenvalue weighted by atomic mass is 28.4. The predicted molar refractivity (Wildman–Crippen MR) is 230 cm³/mol. The molecule has 7 heteroatoms. The van der Waals surface area contributed by atoms with Gasteiger partial charge in [0.1, 0.15) is 12.2 Å². The van der Waals surface area contributed by atoms with Crippen molar-refractivity contribution in [2.24, 2.45) is 22.7 Å². The van der Waals surface area contributed by atoms with Crippen molar-refractivity contribution in [2.45, 2.75) is 207 Å². The molecule has 296 valence electrons. The molecule has 0 radical (unpaired) electrons. The number of fused-ring (bicyclic) bond motifs is 5. The Kier molecular flexibility index (Phi) is 12.7. The van der Waals surface area contributed by atoms with Gasteiger partial charge in [-0.3, -0.25) is 0 Å². The summed E-state index contributed by atoms with van der Waals surface area (Å²) in [7, 11) is -6.27. The third kappa shape index (κ3) is 8.21. The quantitative estimate of drug-likeness (QED) is 0.0857. The maximum absolute atomic E-state index is 7.71. The fourth-order valence-electron chi connectivity index (χ4n) is 9.72. The van der Waals surface area contributed by atoms with E-state index in [0.29, 0.717) is 18.4 Å². The van der Waals surface area contributed by atoms with E-state index in [1.54, 1.807) is 11.1 Å². The molecule has 0 spiro atoms. The van der Waals surface area contributed by atoms with E-state index in [1.807, 2.05) is 0 Å². The second-order valence-corrected chi connectivity index (χ2v) is 35.2. The van der Waals surface area contributed by atoms with Gasteiger partial charge >= 0.3 is 0 Å². The first kappa shape index (κ1) is 44.0. The van der Waals surface area contributed by atoms with Gasteiger partial charge in [-0.15, -0.1) is 0 Å². The first-order valence-corrected chi connectivity index (χ1v) is 29.4. The number of allylic oxidation sites excluding steroid dienone is 5. The summed E-state index contributed by atoms with van der Waals surface area (Å²) in [6.45, 7) is 42.6. The molecule has 0 aromatic rings. The van der Waals surface area contributed by atoms with E-state index < -0.39 is 36.3 Å². The number of rotatable bonds is 12. The van der Waals surface area contributed by atoms with Crippen LogP contribution in [-0.4, -0.2) is 49.1 Å². The van der Waals surface area contributed by atoms with E-state index in [4.69, 9.17) is 18.0 Å². The highest BCUT2D eigenvalue weighted by Crippen LogP contribution is 2.66. The standard InChI is InChI=1S/C45H80O4Si3/c1-19-34-25-27-37-36-26-24-35-32-45(49-51(17,18)41(8,9)10,46-31-23-29-42(11,12)48-52(20-2,21-3)22-4)33-39(47-50(15,16)40(5,6)7)44(35,14)38(36)28-30-43(34,37)13/h24-26,37-39H,19-22,27-28,30-33H2,1-18H3/t37-,38-,39-,43+,44-,45+/m0/s1. The van der Waals surface area contributed by atoms with Crippen LogP contribution in [0.3, 0.4) is 0 Å². The molecule has 4 aliphatic rings. The van der Waals surface area contributed by atoms with Crippen molar-refractivity contribution in [1.82, 2.24) is 0 Å². The molecule has 0 bridgehead atoms. The van der Waals surface area contributed by atoms with Crippen molar-refractivity contribution >= 4 is 25.0 Å². The summed E-state index contributed by atoms with van der Waals surface area (Å²) < 4.78 is 29.3. The molecule has 2 fully saturated rings. The van der Waals surface area contributed by atoms with Gasteiger partial charge in [0.05, 0.1) is 6.10 Å². The van der Waals surface area contributed by atoms with Crippen LogP contribution in [0, 0.1) is 34.5 Å². The molecule has 0 heterocycles. The summed E-state index contributed by atoms with van der Waals surface area (Å²) in [5.41, 5.74) is 4.44. The number of hydrogen-bond acceptors (Lipinski definition) is 4. The van der Waals surface area contributed by atoms with Crippen LogP contribution >= 0.6 is 0 Å². The van der Waals surface area contributed by atoms with Crippen molar-refractivity contribution in [2.75, 3.05) is 6.61 Å². The minimum atomic E-state index is -2.27. The smallest absolute Gasteiger partial charge is 0.195 e. The zero-order chi connectivity index (χ0) is 39.4. The molecule has 0 aromatic heterocycles. The molecule has 0 saturated heterocycles. The molecule has 2 saturated carbocycles. The van der Waals surface area contributed by atoms with Gasteiger partial charge in [-0.1, -0.05) is 130 Å². The van der Waals surface area contributed by atoms with Crippen LogP contribution in [0.1, 0.15) is 135 Å². The Labute approximate surface area is 325 Å². The lowest BCUT2D eigenvalue weighted by molar-refractivity contribution is -0.224. The molecule has 4 rings (SSSR count). The van der Waals surface area contributed by atoms with Crippen LogP contribution in [0.5, 0.6) is 0 Å². The number of ether oxygens (including phenoxy) is 1. The van der Waals surface area contributed by atoms with Crippen LogP contribution in [0.4, 0.5) is 0 Å². The Morgan fingerprint density at radius 2 is 1.42 bits per heavy atom. The average Bonchev–Trinajstić information content (AvgIpc) is 3.37. The highest BCUT2D eigenvalue weighted by Gasteiger charge is 2.62. The summed E-state index contributed by atoms with van der Waals surface area (Å²) in [6.07, 6.45) is 13.9. The maximum Gasteiger partial charge on any atom is 0.195 e. The van der Waals surface area contributed by atoms with Crippen LogP contribution < -0.4 is 0 Å². The minimum absolute atomic E-state index is 0.0192. The Balaban J connectivity index is 1.81. The van der Waals surface area contributed by atoms with E-state index in [-0.39, 0.29) is 27.0 Å². The van der Waals surface area contributed by atoms with Crippen LogP contribution in [0.25, 0.3) is 0 Å². The third-order valence-electron chi connectivity index (χ3n) is 15.5. The molecule has 4 nitrogen and oxygen atoms in total. The molecule has 0 N–H and O–H groups in total. The SMILES string of the molecule is CCC1=CC[C@H]2C3=CC=C4C[C@@](OCC#CC(C)(C)O[Si](CC)(CC)CC)(O[Si](C)(C)C(C)(C)C)C[C@H](O[Si](C)(C)C(C)(C)C)[C@]4(C)[C@H]3CC[C@]12C. The normalized spacial score (nSPS) is 31.4. The molecule has 0 aromatic carbocycles. The lowest BCUT2D eigenvalue weighted by Crippen LogP contribution is -2.62. The summed E-state index contributed by atoms with van der Waals surface area (Å²) in [5.74, 6) is 7.22. The average molecular weight is 769 g/mol. The topological polar surface area (TPSA) is 36.9 Å².